The van der Waals surface area contributed by atoms with Crippen LogP contribution in [0.2, 0.25) is 0 Å². The first-order valence-electron chi connectivity index (χ1n) is 7.24. The molecule has 0 spiro atoms. The zero-order valence-electron chi connectivity index (χ0n) is 13.2. The molecule has 1 aromatic carbocycles. The van der Waals surface area contributed by atoms with Gasteiger partial charge >= 0.3 is 5.97 Å². The third-order valence-electron chi connectivity index (χ3n) is 3.51. The second-order valence-electron chi connectivity index (χ2n) is 5.80. The van der Waals surface area contributed by atoms with E-state index in [9.17, 15) is 9.90 Å². The highest BCUT2D eigenvalue weighted by molar-refractivity contribution is 5.73. The summed E-state index contributed by atoms with van der Waals surface area (Å²) in [6.45, 7) is 4.19. The number of benzene rings is 1. The highest BCUT2D eigenvalue weighted by Crippen LogP contribution is 2.20. The molecule has 2 unspecified atom stereocenters. The maximum absolute atomic E-state index is 11.1. The largest absolute Gasteiger partial charge is 0.480 e. The third-order valence-corrected chi connectivity index (χ3v) is 3.51. The van der Waals surface area contributed by atoms with Gasteiger partial charge in [0, 0.05) is 19.8 Å². The number of aliphatic hydroxyl groups excluding tert-OH is 1. The van der Waals surface area contributed by atoms with E-state index in [0.717, 1.165) is 11.3 Å². The van der Waals surface area contributed by atoms with E-state index >= 15 is 0 Å². The second kappa shape index (κ2) is 8.00. The van der Waals surface area contributed by atoms with Crippen molar-refractivity contribution in [3.63, 3.8) is 0 Å². The summed E-state index contributed by atoms with van der Waals surface area (Å²) in [5, 5.41) is 22.2. The van der Waals surface area contributed by atoms with Gasteiger partial charge in [-0.05, 0) is 36.6 Å². The molecule has 0 saturated carbocycles. The molecule has 0 amide bonds. The van der Waals surface area contributed by atoms with Gasteiger partial charge in [0.1, 0.15) is 6.04 Å². The zero-order valence-corrected chi connectivity index (χ0v) is 13.2. The van der Waals surface area contributed by atoms with Gasteiger partial charge in [0.2, 0.25) is 0 Å². The SMILES string of the molecule is CC(C)C(NCCC(O)c1ccc(N(C)C)cc1)C(=O)O. The Morgan fingerprint density at radius 1 is 1.24 bits per heavy atom. The maximum Gasteiger partial charge on any atom is 0.320 e. The molecule has 0 aliphatic heterocycles. The predicted molar refractivity (Wildman–Crippen MR) is 84.6 cm³/mol. The highest BCUT2D eigenvalue weighted by Gasteiger charge is 2.20. The third kappa shape index (κ3) is 5.36. The van der Waals surface area contributed by atoms with Crippen LogP contribution in [0.25, 0.3) is 0 Å². The average Bonchev–Trinajstić information content (AvgIpc) is 2.42. The molecule has 2 atom stereocenters. The van der Waals surface area contributed by atoms with Crippen LogP contribution in [0.3, 0.4) is 0 Å². The summed E-state index contributed by atoms with van der Waals surface area (Å²) >= 11 is 0. The average molecular weight is 294 g/mol. The minimum absolute atomic E-state index is 0.0130. The number of hydrogen-bond donors (Lipinski definition) is 3. The van der Waals surface area contributed by atoms with Gasteiger partial charge in [-0.25, -0.2) is 0 Å². The van der Waals surface area contributed by atoms with E-state index < -0.39 is 18.1 Å². The summed E-state index contributed by atoms with van der Waals surface area (Å²) in [7, 11) is 3.93. The van der Waals surface area contributed by atoms with E-state index in [-0.39, 0.29) is 5.92 Å². The number of nitrogens with one attached hydrogen (secondary N) is 1. The van der Waals surface area contributed by atoms with Gasteiger partial charge in [-0.3, -0.25) is 4.79 Å². The maximum atomic E-state index is 11.1. The van der Waals surface area contributed by atoms with Gasteiger partial charge in [-0.2, -0.15) is 0 Å². The quantitative estimate of drug-likeness (QED) is 0.683. The standard InChI is InChI=1S/C16H26N2O3/c1-11(2)15(16(20)21)17-10-9-14(19)12-5-7-13(8-6-12)18(3)4/h5-8,11,14-15,17,19H,9-10H2,1-4H3,(H,20,21). The number of carbonyl (C=O) groups is 1. The number of anilines is 1. The molecule has 5 heteroatoms. The first-order chi connectivity index (χ1) is 9.82. The molecule has 0 aromatic heterocycles. The summed E-state index contributed by atoms with van der Waals surface area (Å²) in [5.41, 5.74) is 1.92. The molecule has 118 valence electrons. The molecule has 0 aliphatic carbocycles. The molecule has 0 radical (unpaired) electrons. The molecule has 1 aromatic rings. The number of carboxylic acid groups (broad SMARTS) is 1. The van der Waals surface area contributed by atoms with Crippen LogP contribution in [-0.2, 0) is 4.79 Å². The lowest BCUT2D eigenvalue weighted by Crippen LogP contribution is -2.41. The molecule has 0 saturated heterocycles. The van der Waals surface area contributed by atoms with Gasteiger partial charge in [0.25, 0.3) is 0 Å². The minimum Gasteiger partial charge on any atom is -0.480 e. The van der Waals surface area contributed by atoms with Crippen molar-refractivity contribution in [1.82, 2.24) is 5.32 Å². The van der Waals surface area contributed by atoms with Crippen LogP contribution in [0, 0.1) is 5.92 Å². The molecule has 1 rings (SSSR count). The Kier molecular flexibility index (Phi) is 6.65. The molecule has 3 N–H and O–H groups in total. The predicted octanol–water partition coefficient (Wildman–Crippen LogP) is 1.87. The van der Waals surface area contributed by atoms with Crippen molar-refractivity contribution in [2.75, 3.05) is 25.5 Å². The number of carboxylic acids is 1. The van der Waals surface area contributed by atoms with Crippen molar-refractivity contribution in [2.24, 2.45) is 5.92 Å². The molecule has 0 bridgehead atoms. The Bertz CT molecular complexity index is 443. The van der Waals surface area contributed by atoms with Crippen LogP contribution in [-0.4, -0.2) is 42.9 Å². The Balaban J connectivity index is 2.50. The van der Waals surface area contributed by atoms with E-state index in [4.69, 9.17) is 5.11 Å². The van der Waals surface area contributed by atoms with Crippen LogP contribution in [0.5, 0.6) is 0 Å². The number of hydrogen-bond acceptors (Lipinski definition) is 4. The van der Waals surface area contributed by atoms with E-state index in [0.29, 0.717) is 13.0 Å². The Morgan fingerprint density at radius 3 is 2.24 bits per heavy atom. The monoisotopic (exact) mass is 294 g/mol. The van der Waals surface area contributed by atoms with E-state index in [1.807, 2.05) is 57.1 Å². The van der Waals surface area contributed by atoms with E-state index in [2.05, 4.69) is 5.32 Å². The fourth-order valence-corrected chi connectivity index (χ4v) is 2.15. The summed E-state index contributed by atoms with van der Waals surface area (Å²) in [6, 6.07) is 7.14. The number of aliphatic carboxylic acids is 1. The minimum atomic E-state index is -0.852. The number of aliphatic hydroxyl groups is 1. The summed E-state index contributed by atoms with van der Waals surface area (Å²) in [4.78, 5) is 13.1. The molecule has 21 heavy (non-hydrogen) atoms. The fourth-order valence-electron chi connectivity index (χ4n) is 2.15. The lowest BCUT2D eigenvalue weighted by molar-refractivity contribution is -0.140. The van der Waals surface area contributed by atoms with Crippen molar-refractivity contribution in [2.45, 2.75) is 32.4 Å². The fraction of sp³-hybridized carbons (Fsp3) is 0.562. The lowest BCUT2D eigenvalue weighted by atomic mass is 10.0. The van der Waals surface area contributed by atoms with Crippen molar-refractivity contribution >= 4 is 11.7 Å². The van der Waals surface area contributed by atoms with E-state index in [1.54, 1.807) is 0 Å². The molecular weight excluding hydrogens is 268 g/mol. The summed E-state index contributed by atoms with van der Waals surface area (Å²) in [5.74, 6) is -0.839. The molecule has 5 nitrogen and oxygen atoms in total. The highest BCUT2D eigenvalue weighted by atomic mass is 16.4. The summed E-state index contributed by atoms with van der Waals surface area (Å²) < 4.78 is 0. The normalized spacial score (nSPS) is 14.0. The van der Waals surface area contributed by atoms with Crippen LogP contribution >= 0.6 is 0 Å². The Hall–Kier alpha value is -1.59. The van der Waals surface area contributed by atoms with Crippen LogP contribution in [0.4, 0.5) is 5.69 Å². The lowest BCUT2D eigenvalue weighted by Gasteiger charge is -2.19. The van der Waals surface area contributed by atoms with Crippen molar-refractivity contribution in [3.05, 3.63) is 29.8 Å². The van der Waals surface area contributed by atoms with Gasteiger partial charge < -0.3 is 20.4 Å². The van der Waals surface area contributed by atoms with Crippen LogP contribution in [0.15, 0.2) is 24.3 Å². The molecule has 0 fully saturated rings. The van der Waals surface area contributed by atoms with Gasteiger partial charge in [0.05, 0.1) is 6.10 Å². The smallest absolute Gasteiger partial charge is 0.320 e. The van der Waals surface area contributed by atoms with E-state index in [1.165, 1.54) is 0 Å². The van der Waals surface area contributed by atoms with Crippen LogP contribution < -0.4 is 10.2 Å². The van der Waals surface area contributed by atoms with Crippen molar-refractivity contribution in [1.29, 1.82) is 0 Å². The molecule has 0 heterocycles. The molecule has 0 aliphatic rings. The Morgan fingerprint density at radius 2 is 1.81 bits per heavy atom. The first kappa shape index (κ1) is 17.5. The van der Waals surface area contributed by atoms with Gasteiger partial charge in [0.15, 0.2) is 0 Å². The Labute approximate surface area is 126 Å². The molecular formula is C16H26N2O3. The van der Waals surface area contributed by atoms with Crippen LogP contribution in [0.1, 0.15) is 31.9 Å². The van der Waals surface area contributed by atoms with Crippen molar-refractivity contribution < 1.29 is 15.0 Å². The number of nitrogens with zero attached hydrogens (tertiary/aromatic N) is 1. The van der Waals surface area contributed by atoms with Gasteiger partial charge in [-0.1, -0.05) is 26.0 Å². The first-order valence-corrected chi connectivity index (χ1v) is 7.24. The summed E-state index contributed by atoms with van der Waals surface area (Å²) in [6.07, 6.45) is -0.104. The number of rotatable bonds is 8. The second-order valence-corrected chi connectivity index (χ2v) is 5.80. The van der Waals surface area contributed by atoms with Gasteiger partial charge in [-0.15, -0.1) is 0 Å². The zero-order chi connectivity index (χ0) is 16.0. The topological polar surface area (TPSA) is 72.8 Å². The van der Waals surface area contributed by atoms with Crippen molar-refractivity contribution in [3.8, 4) is 0 Å².